The van der Waals surface area contributed by atoms with E-state index in [0.29, 0.717) is 24.1 Å². The van der Waals surface area contributed by atoms with Crippen molar-refractivity contribution < 1.29 is 18.7 Å². The molecular formula is C17H20N2O4. The van der Waals surface area contributed by atoms with Crippen molar-refractivity contribution in [3.8, 4) is 11.5 Å². The standard InChI is InChI=1S/C17H20N2O4/c1-20-12-7-3-2-6-11(12)17-18-16(19-23-17)15-10-21-13-8-4-5-9-14(13)22-15/h4-5,8-9,11-12,15H,2-3,6-7,10H2,1H3. The normalized spacial score (nSPS) is 26.9. The van der Waals surface area contributed by atoms with Gasteiger partial charge in [-0.2, -0.15) is 4.98 Å². The summed E-state index contributed by atoms with van der Waals surface area (Å²) in [6.07, 6.45) is 4.22. The number of benzene rings is 1. The first-order valence-corrected chi connectivity index (χ1v) is 8.10. The molecule has 23 heavy (non-hydrogen) atoms. The van der Waals surface area contributed by atoms with E-state index in [4.69, 9.17) is 18.7 Å². The second-order valence-electron chi connectivity index (χ2n) is 6.02. The third-order valence-electron chi connectivity index (χ3n) is 4.58. The van der Waals surface area contributed by atoms with Gasteiger partial charge < -0.3 is 18.7 Å². The second-order valence-corrected chi connectivity index (χ2v) is 6.02. The molecule has 0 radical (unpaired) electrons. The molecular weight excluding hydrogens is 296 g/mol. The van der Waals surface area contributed by atoms with E-state index < -0.39 is 0 Å². The summed E-state index contributed by atoms with van der Waals surface area (Å²) in [5.74, 6) is 2.82. The number of ether oxygens (including phenoxy) is 3. The molecule has 6 heteroatoms. The van der Waals surface area contributed by atoms with E-state index in [1.165, 1.54) is 12.8 Å². The first-order valence-electron chi connectivity index (χ1n) is 8.10. The Kier molecular flexibility index (Phi) is 3.91. The quantitative estimate of drug-likeness (QED) is 0.866. The van der Waals surface area contributed by atoms with E-state index in [1.807, 2.05) is 24.3 Å². The Bertz CT molecular complexity index is 672. The predicted octanol–water partition coefficient (Wildman–Crippen LogP) is 3.25. The van der Waals surface area contributed by atoms with Gasteiger partial charge in [-0.1, -0.05) is 30.1 Å². The molecule has 0 bridgehead atoms. The van der Waals surface area contributed by atoms with Gasteiger partial charge in [-0.3, -0.25) is 0 Å². The lowest BCUT2D eigenvalue weighted by molar-refractivity contribution is 0.0421. The molecule has 4 rings (SSSR count). The second kappa shape index (κ2) is 6.20. The van der Waals surface area contributed by atoms with Crippen LogP contribution in [0.2, 0.25) is 0 Å². The number of methoxy groups -OCH3 is 1. The van der Waals surface area contributed by atoms with Gasteiger partial charge in [0.25, 0.3) is 0 Å². The van der Waals surface area contributed by atoms with E-state index in [-0.39, 0.29) is 18.1 Å². The number of rotatable bonds is 3. The highest BCUT2D eigenvalue weighted by Crippen LogP contribution is 2.37. The highest BCUT2D eigenvalue weighted by Gasteiger charge is 2.33. The van der Waals surface area contributed by atoms with Crippen molar-refractivity contribution in [1.82, 2.24) is 10.1 Å². The van der Waals surface area contributed by atoms with Crippen LogP contribution < -0.4 is 9.47 Å². The lowest BCUT2D eigenvalue weighted by atomic mass is 9.86. The van der Waals surface area contributed by atoms with Crippen LogP contribution in [0.15, 0.2) is 28.8 Å². The number of para-hydroxylation sites is 2. The monoisotopic (exact) mass is 316 g/mol. The van der Waals surface area contributed by atoms with Gasteiger partial charge in [0, 0.05) is 7.11 Å². The molecule has 2 heterocycles. The van der Waals surface area contributed by atoms with Gasteiger partial charge in [-0.25, -0.2) is 0 Å². The summed E-state index contributed by atoms with van der Waals surface area (Å²) in [5.41, 5.74) is 0. The molecule has 6 nitrogen and oxygen atoms in total. The zero-order chi connectivity index (χ0) is 15.6. The number of hydrogen-bond acceptors (Lipinski definition) is 6. The Labute approximate surface area is 134 Å². The van der Waals surface area contributed by atoms with E-state index in [0.717, 1.165) is 18.6 Å². The average molecular weight is 316 g/mol. The highest BCUT2D eigenvalue weighted by molar-refractivity contribution is 5.40. The lowest BCUT2D eigenvalue weighted by Gasteiger charge is -2.27. The topological polar surface area (TPSA) is 66.6 Å². The summed E-state index contributed by atoms with van der Waals surface area (Å²) in [7, 11) is 1.75. The molecule has 3 unspecified atom stereocenters. The first-order chi connectivity index (χ1) is 11.3. The van der Waals surface area contributed by atoms with E-state index in [2.05, 4.69) is 10.1 Å². The number of nitrogens with zero attached hydrogens (tertiary/aromatic N) is 2. The predicted molar refractivity (Wildman–Crippen MR) is 81.6 cm³/mol. The van der Waals surface area contributed by atoms with Crippen molar-refractivity contribution in [3.05, 3.63) is 36.0 Å². The Morgan fingerprint density at radius 2 is 1.96 bits per heavy atom. The van der Waals surface area contributed by atoms with Gasteiger partial charge in [-0.15, -0.1) is 0 Å². The lowest BCUT2D eigenvalue weighted by Crippen LogP contribution is -2.25. The van der Waals surface area contributed by atoms with Crippen LogP contribution >= 0.6 is 0 Å². The summed E-state index contributed by atoms with van der Waals surface area (Å²) in [5, 5.41) is 4.11. The fraction of sp³-hybridized carbons (Fsp3) is 0.529. The Balaban J connectivity index is 1.52. The zero-order valence-electron chi connectivity index (χ0n) is 13.1. The first kappa shape index (κ1) is 14.5. The number of hydrogen-bond donors (Lipinski definition) is 0. The molecule has 2 aliphatic rings. The molecule has 0 amide bonds. The van der Waals surface area contributed by atoms with Crippen LogP contribution in [0.5, 0.6) is 11.5 Å². The minimum Gasteiger partial charge on any atom is -0.485 e. The molecule has 0 N–H and O–H groups in total. The minimum atomic E-state index is -0.341. The van der Waals surface area contributed by atoms with Gasteiger partial charge in [0.15, 0.2) is 17.6 Å². The summed E-state index contributed by atoms with van der Waals surface area (Å²) in [4.78, 5) is 4.57. The third-order valence-corrected chi connectivity index (χ3v) is 4.58. The summed E-state index contributed by atoms with van der Waals surface area (Å²) < 4.78 is 22.7. The molecule has 1 aromatic heterocycles. The van der Waals surface area contributed by atoms with Gasteiger partial charge >= 0.3 is 0 Å². The summed E-state index contributed by atoms with van der Waals surface area (Å²) in [6, 6.07) is 7.60. The largest absolute Gasteiger partial charge is 0.485 e. The van der Waals surface area contributed by atoms with E-state index in [9.17, 15) is 0 Å². The molecule has 1 saturated carbocycles. The van der Waals surface area contributed by atoms with Crippen molar-refractivity contribution in [2.24, 2.45) is 0 Å². The van der Waals surface area contributed by atoms with Crippen molar-refractivity contribution >= 4 is 0 Å². The van der Waals surface area contributed by atoms with Crippen molar-refractivity contribution in [2.45, 2.75) is 43.8 Å². The molecule has 1 aromatic carbocycles. The number of fused-ring (bicyclic) bond motifs is 1. The molecule has 1 fully saturated rings. The molecule has 3 atom stereocenters. The van der Waals surface area contributed by atoms with Gasteiger partial charge in [0.05, 0.1) is 12.0 Å². The third kappa shape index (κ3) is 2.79. The maximum Gasteiger partial charge on any atom is 0.232 e. The maximum absolute atomic E-state index is 5.93. The SMILES string of the molecule is COC1CCCCC1c1nc(C2COc3ccccc3O2)no1. The Hall–Kier alpha value is -2.08. The van der Waals surface area contributed by atoms with Gasteiger partial charge in [0.1, 0.15) is 6.61 Å². The molecule has 1 aliphatic carbocycles. The van der Waals surface area contributed by atoms with Crippen LogP contribution in [-0.2, 0) is 4.74 Å². The van der Waals surface area contributed by atoms with Crippen LogP contribution in [0.25, 0.3) is 0 Å². The van der Waals surface area contributed by atoms with E-state index >= 15 is 0 Å². The molecule has 0 spiro atoms. The smallest absolute Gasteiger partial charge is 0.232 e. The Morgan fingerprint density at radius 3 is 2.83 bits per heavy atom. The van der Waals surface area contributed by atoms with Gasteiger partial charge in [0.2, 0.25) is 11.7 Å². The molecule has 2 aromatic rings. The average Bonchev–Trinajstić information content (AvgIpc) is 3.11. The van der Waals surface area contributed by atoms with Crippen molar-refractivity contribution in [3.63, 3.8) is 0 Å². The van der Waals surface area contributed by atoms with Crippen LogP contribution in [0.4, 0.5) is 0 Å². The summed E-state index contributed by atoms with van der Waals surface area (Å²) in [6.45, 7) is 0.383. The summed E-state index contributed by atoms with van der Waals surface area (Å²) >= 11 is 0. The van der Waals surface area contributed by atoms with Crippen LogP contribution in [0, 0.1) is 0 Å². The molecule has 122 valence electrons. The van der Waals surface area contributed by atoms with E-state index in [1.54, 1.807) is 7.11 Å². The zero-order valence-corrected chi connectivity index (χ0v) is 13.1. The molecule has 1 aliphatic heterocycles. The van der Waals surface area contributed by atoms with Crippen LogP contribution in [-0.4, -0.2) is 30.0 Å². The maximum atomic E-state index is 5.93. The Morgan fingerprint density at radius 1 is 1.13 bits per heavy atom. The highest BCUT2D eigenvalue weighted by atomic mass is 16.6. The van der Waals surface area contributed by atoms with Crippen molar-refractivity contribution in [1.29, 1.82) is 0 Å². The fourth-order valence-corrected chi connectivity index (χ4v) is 3.34. The van der Waals surface area contributed by atoms with Gasteiger partial charge in [-0.05, 0) is 25.0 Å². The minimum absolute atomic E-state index is 0.154. The van der Waals surface area contributed by atoms with Crippen molar-refractivity contribution in [2.75, 3.05) is 13.7 Å². The molecule has 0 saturated heterocycles. The fourth-order valence-electron chi connectivity index (χ4n) is 3.34. The van der Waals surface area contributed by atoms with Crippen LogP contribution in [0.1, 0.15) is 49.4 Å². The number of aromatic nitrogens is 2. The van der Waals surface area contributed by atoms with Crippen LogP contribution in [0.3, 0.4) is 0 Å².